The largest absolute Gasteiger partial charge is 0.486 e. The number of H-pyrrole nitrogens is 1. The lowest BCUT2D eigenvalue weighted by atomic mass is 9.96. The van der Waals surface area contributed by atoms with E-state index in [-0.39, 0.29) is 12.0 Å². The van der Waals surface area contributed by atoms with E-state index in [0.29, 0.717) is 40.8 Å². The maximum atomic E-state index is 11.0. The molecule has 40 heavy (non-hydrogen) atoms. The predicted octanol–water partition coefficient (Wildman–Crippen LogP) is 6.36. The van der Waals surface area contributed by atoms with Gasteiger partial charge in [-0.2, -0.15) is 5.10 Å². The van der Waals surface area contributed by atoms with Crippen molar-refractivity contribution in [1.82, 2.24) is 20.1 Å². The quantitative estimate of drug-likeness (QED) is 0.150. The fourth-order valence-electron chi connectivity index (χ4n) is 5.11. The van der Waals surface area contributed by atoms with Gasteiger partial charge in [0.05, 0.1) is 21.9 Å². The van der Waals surface area contributed by atoms with Crippen molar-refractivity contribution in [1.29, 1.82) is 0 Å². The van der Waals surface area contributed by atoms with Gasteiger partial charge in [-0.05, 0) is 81.3 Å². The third-order valence-corrected chi connectivity index (χ3v) is 7.56. The van der Waals surface area contributed by atoms with Crippen LogP contribution in [0.4, 0.5) is 0 Å². The summed E-state index contributed by atoms with van der Waals surface area (Å²) in [7, 11) is 0. The molecule has 1 unspecified atom stereocenters. The highest BCUT2D eigenvalue weighted by molar-refractivity contribution is 6.31. The molecule has 1 aliphatic heterocycles. The Morgan fingerprint density at radius 1 is 1.18 bits per heavy atom. The Bertz CT molecular complexity index is 1410. The molecule has 3 N–H and O–H groups in total. The van der Waals surface area contributed by atoms with Crippen molar-refractivity contribution in [3.63, 3.8) is 0 Å². The van der Waals surface area contributed by atoms with Gasteiger partial charge in [0.1, 0.15) is 11.9 Å². The molecule has 9 heteroatoms. The number of aromatic amines is 1. The minimum atomic E-state index is -2.01. The molecule has 212 valence electrons. The number of aromatic nitrogens is 3. The third-order valence-electron chi connectivity index (χ3n) is 7.26. The van der Waals surface area contributed by atoms with Gasteiger partial charge in [-0.15, -0.1) is 0 Å². The number of piperidine rings is 1. The minimum absolute atomic E-state index is 0.0786. The van der Waals surface area contributed by atoms with Crippen LogP contribution in [0.25, 0.3) is 17.0 Å². The second-order valence-corrected chi connectivity index (χ2v) is 10.9. The molecule has 8 nitrogen and oxygen atoms in total. The van der Waals surface area contributed by atoms with E-state index in [0.717, 1.165) is 41.3 Å². The van der Waals surface area contributed by atoms with Gasteiger partial charge in [-0.1, -0.05) is 37.9 Å². The topological polar surface area (TPSA) is 107 Å². The van der Waals surface area contributed by atoms with Gasteiger partial charge in [0.25, 0.3) is 0 Å². The van der Waals surface area contributed by atoms with Gasteiger partial charge < -0.3 is 14.9 Å². The number of aliphatic hydroxyl groups is 2. The predicted molar refractivity (Wildman–Crippen MR) is 161 cm³/mol. The monoisotopic (exact) mass is 563 g/mol. The number of fused-ring (bicyclic) bond motifs is 1. The first-order chi connectivity index (χ1) is 19.1. The molecule has 0 spiro atoms. The molecule has 4 rings (SSSR count). The average molecular weight is 564 g/mol. The number of nitrogens with zero attached hydrogens (tertiary/aromatic N) is 4. The van der Waals surface area contributed by atoms with E-state index in [9.17, 15) is 10.2 Å². The van der Waals surface area contributed by atoms with Crippen LogP contribution in [0, 0.1) is 12.8 Å². The number of hydrogen-bond donors (Lipinski definition) is 3. The maximum absolute atomic E-state index is 11.0. The number of aryl methyl sites for hydroxylation is 1. The van der Waals surface area contributed by atoms with Crippen LogP contribution in [0.1, 0.15) is 63.0 Å². The lowest BCUT2D eigenvalue weighted by molar-refractivity contribution is -0.242. The molecular weight excluding hydrogens is 526 g/mol. The Balaban J connectivity index is 1.57. The molecule has 3 heterocycles. The zero-order valence-corrected chi connectivity index (χ0v) is 24.3. The fraction of sp³-hybridized carbons (Fsp3) is 0.387. The standard InChI is InChI=1S/C31H38ClN5O3/c1-20(2)26(31(38,39)37-15-7-6-8-16-37)12-9-23(33-5)10-13-28-25-17-24(11-14-29(25)36-35-28)40-22(4)30-21(3)18-34-19-27(30)32/h9-14,17-20,22,38-39H,5-8,15-16H2,1-4H3,(H,35,36)/b13-10+,23-9-,26-12+. The van der Waals surface area contributed by atoms with Crippen LogP contribution < -0.4 is 4.74 Å². The van der Waals surface area contributed by atoms with Crippen LogP contribution in [-0.2, 0) is 0 Å². The molecule has 0 bridgehead atoms. The van der Waals surface area contributed by atoms with Crippen molar-refractivity contribution in [2.75, 3.05) is 13.1 Å². The number of allylic oxidation sites excluding steroid dienone is 3. The highest BCUT2D eigenvalue weighted by Gasteiger charge is 2.37. The highest BCUT2D eigenvalue weighted by Crippen LogP contribution is 2.32. The van der Waals surface area contributed by atoms with E-state index in [1.54, 1.807) is 35.5 Å². The number of rotatable bonds is 10. The first-order valence-corrected chi connectivity index (χ1v) is 14.0. The molecule has 1 saturated heterocycles. The second-order valence-electron chi connectivity index (χ2n) is 10.5. The van der Waals surface area contributed by atoms with Gasteiger partial charge in [-0.25, -0.2) is 4.90 Å². The van der Waals surface area contributed by atoms with Crippen LogP contribution >= 0.6 is 11.6 Å². The Morgan fingerprint density at radius 2 is 1.93 bits per heavy atom. The Kier molecular flexibility index (Phi) is 9.58. The Labute approximate surface area is 240 Å². The SMILES string of the molecule is C=NC(=C\C=C(/C(C)C)C(O)(O)N1CCCCC1)/C=C/c1n[nH]c2ccc(OC(C)c3c(C)cncc3Cl)cc12. The Morgan fingerprint density at radius 3 is 2.60 bits per heavy atom. The van der Waals surface area contributed by atoms with Crippen LogP contribution in [0.15, 0.2) is 65.1 Å². The summed E-state index contributed by atoms with van der Waals surface area (Å²) in [5.74, 6) is -1.40. The molecular formula is C31H38ClN5O3. The van der Waals surface area contributed by atoms with Crippen molar-refractivity contribution < 1.29 is 14.9 Å². The highest BCUT2D eigenvalue weighted by atomic mass is 35.5. The molecule has 1 fully saturated rings. The van der Waals surface area contributed by atoms with E-state index in [4.69, 9.17) is 16.3 Å². The van der Waals surface area contributed by atoms with E-state index in [1.165, 1.54) is 0 Å². The number of nitrogens with one attached hydrogen (secondary N) is 1. The normalized spacial score (nSPS) is 16.7. The first kappa shape index (κ1) is 29.7. The summed E-state index contributed by atoms with van der Waals surface area (Å²) in [6.07, 6.45) is 13.3. The third kappa shape index (κ3) is 6.70. The number of likely N-dealkylation sites (tertiary alicyclic amines) is 1. The summed E-state index contributed by atoms with van der Waals surface area (Å²) in [4.78, 5) is 9.98. The molecule has 0 aliphatic carbocycles. The average Bonchev–Trinajstić information content (AvgIpc) is 3.32. The number of halogens is 1. The number of aliphatic imine (C=N–C) groups is 1. The lowest BCUT2D eigenvalue weighted by Gasteiger charge is -2.40. The summed E-state index contributed by atoms with van der Waals surface area (Å²) in [6.45, 7) is 12.8. The zero-order chi connectivity index (χ0) is 28.9. The van der Waals surface area contributed by atoms with Crippen LogP contribution in [0.5, 0.6) is 5.75 Å². The summed E-state index contributed by atoms with van der Waals surface area (Å²) in [6, 6.07) is 5.75. The molecule has 1 aromatic carbocycles. The van der Waals surface area contributed by atoms with E-state index >= 15 is 0 Å². The van der Waals surface area contributed by atoms with Crippen LogP contribution in [-0.4, -0.2) is 56.0 Å². The van der Waals surface area contributed by atoms with Gasteiger partial charge >= 0.3 is 0 Å². The van der Waals surface area contributed by atoms with E-state index in [1.807, 2.05) is 52.0 Å². The molecule has 0 amide bonds. The summed E-state index contributed by atoms with van der Waals surface area (Å²) < 4.78 is 6.23. The molecule has 0 saturated carbocycles. The summed E-state index contributed by atoms with van der Waals surface area (Å²) in [5.41, 5.74) is 4.51. The molecule has 1 aliphatic rings. The zero-order valence-electron chi connectivity index (χ0n) is 23.6. The number of pyridine rings is 1. The molecule has 3 aromatic rings. The van der Waals surface area contributed by atoms with Crippen molar-refractivity contribution in [3.05, 3.63) is 81.9 Å². The number of ether oxygens (including phenoxy) is 1. The summed E-state index contributed by atoms with van der Waals surface area (Å²) >= 11 is 6.38. The number of benzene rings is 1. The second kappa shape index (κ2) is 12.9. The Hall–Kier alpha value is -3.30. The maximum Gasteiger partial charge on any atom is 0.249 e. The number of hydrogen-bond acceptors (Lipinski definition) is 7. The van der Waals surface area contributed by atoms with Crippen molar-refractivity contribution in [2.24, 2.45) is 10.9 Å². The van der Waals surface area contributed by atoms with Gasteiger partial charge in [0, 0.05) is 42.0 Å². The minimum Gasteiger partial charge on any atom is -0.486 e. The van der Waals surface area contributed by atoms with E-state index in [2.05, 4.69) is 26.9 Å². The van der Waals surface area contributed by atoms with Crippen molar-refractivity contribution in [3.8, 4) is 5.75 Å². The van der Waals surface area contributed by atoms with Crippen LogP contribution in [0.2, 0.25) is 5.02 Å². The van der Waals surface area contributed by atoms with Gasteiger partial charge in [-0.3, -0.25) is 15.1 Å². The van der Waals surface area contributed by atoms with E-state index < -0.39 is 5.91 Å². The molecule has 1 atom stereocenters. The fourth-order valence-corrected chi connectivity index (χ4v) is 5.47. The van der Waals surface area contributed by atoms with Gasteiger partial charge in [0.2, 0.25) is 5.91 Å². The smallest absolute Gasteiger partial charge is 0.249 e. The molecule has 0 radical (unpaired) electrons. The lowest BCUT2D eigenvalue weighted by Crippen LogP contribution is -2.53. The summed E-state index contributed by atoms with van der Waals surface area (Å²) in [5, 5.41) is 31.0. The van der Waals surface area contributed by atoms with Crippen molar-refractivity contribution in [2.45, 2.75) is 59.0 Å². The van der Waals surface area contributed by atoms with Crippen molar-refractivity contribution >= 4 is 35.3 Å². The first-order valence-electron chi connectivity index (χ1n) is 13.6. The molecule has 2 aromatic heterocycles. The van der Waals surface area contributed by atoms with Gasteiger partial charge in [0.15, 0.2) is 0 Å². The van der Waals surface area contributed by atoms with Crippen LogP contribution in [0.3, 0.4) is 0 Å².